The Morgan fingerprint density at radius 2 is 1.62 bits per heavy atom. The quantitative estimate of drug-likeness (QED) is 0.0885. The number of benzene rings is 3. The second kappa shape index (κ2) is 13.9. The van der Waals surface area contributed by atoms with Gasteiger partial charge in [-0.05, 0) is 55.2 Å². The van der Waals surface area contributed by atoms with Gasteiger partial charge in [-0.15, -0.1) is 0 Å². The van der Waals surface area contributed by atoms with Gasteiger partial charge in [0.1, 0.15) is 11.5 Å². The number of hydrogen-bond acceptors (Lipinski definition) is 6. The van der Waals surface area contributed by atoms with Gasteiger partial charge in [0.2, 0.25) is 5.91 Å². The summed E-state index contributed by atoms with van der Waals surface area (Å²) in [7, 11) is 0. The van der Waals surface area contributed by atoms with Gasteiger partial charge in [0, 0.05) is 29.7 Å². The number of furan rings is 1. The molecular weight excluding hydrogens is 496 g/mol. The Bertz CT molecular complexity index is 1320. The van der Waals surface area contributed by atoms with Crippen LogP contribution >= 0.6 is 0 Å². The molecule has 3 aromatic carbocycles. The number of nitrogens with one attached hydrogen (secondary N) is 1. The lowest BCUT2D eigenvalue weighted by molar-refractivity contribution is -0.129. The molecule has 1 unspecified atom stereocenters. The maximum Gasteiger partial charge on any atom is 0.256 e. The molecule has 202 valence electrons. The molecule has 0 fully saturated rings. The molecule has 0 saturated heterocycles. The Morgan fingerprint density at radius 1 is 0.872 bits per heavy atom. The summed E-state index contributed by atoms with van der Waals surface area (Å²) in [5, 5.41) is 20.1. The first-order valence-corrected chi connectivity index (χ1v) is 12.9. The number of aliphatic hydroxyl groups excluding tert-OH is 1. The van der Waals surface area contributed by atoms with Crippen molar-refractivity contribution in [2.24, 2.45) is 0 Å². The van der Waals surface area contributed by atoms with Crippen molar-refractivity contribution in [3.05, 3.63) is 114 Å². The summed E-state index contributed by atoms with van der Waals surface area (Å²) in [5.41, 5.74) is 4.27. The summed E-state index contributed by atoms with van der Waals surface area (Å²) in [4.78, 5) is 26.3. The third-order valence-corrected chi connectivity index (χ3v) is 6.32. The number of hydrogen-bond donors (Lipinski definition) is 3. The molecule has 8 heteroatoms. The second-order valence-electron chi connectivity index (χ2n) is 9.08. The van der Waals surface area contributed by atoms with E-state index < -0.39 is 12.1 Å². The number of carbonyl (C=O) groups is 2. The normalized spacial score (nSPS) is 11.5. The Morgan fingerprint density at radius 3 is 2.33 bits per heavy atom. The molecule has 1 aromatic heterocycles. The maximum absolute atomic E-state index is 13.7. The van der Waals surface area contributed by atoms with Crippen LogP contribution in [0.25, 0.3) is 11.3 Å². The van der Waals surface area contributed by atoms with E-state index in [1.54, 1.807) is 42.1 Å². The summed E-state index contributed by atoms with van der Waals surface area (Å²) < 4.78 is 11.4. The summed E-state index contributed by atoms with van der Waals surface area (Å²) in [5.74, 6) is 0.451. The Labute approximate surface area is 227 Å². The van der Waals surface area contributed by atoms with Gasteiger partial charge >= 0.3 is 0 Å². The van der Waals surface area contributed by atoms with Gasteiger partial charge in [-0.2, -0.15) is 0 Å². The molecule has 2 amide bonds. The topological polar surface area (TPSA) is 112 Å². The van der Waals surface area contributed by atoms with E-state index in [0.717, 1.165) is 17.5 Å². The van der Waals surface area contributed by atoms with Gasteiger partial charge < -0.3 is 19.2 Å². The van der Waals surface area contributed by atoms with E-state index in [-0.39, 0.29) is 18.9 Å². The minimum Gasteiger partial charge on any atom is -0.493 e. The molecule has 0 saturated carbocycles. The molecule has 0 radical (unpaired) electrons. The zero-order valence-electron chi connectivity index (χ0n) is 21.5. The number of amides is 2. The maximum atomic E-state index is 13.7. The van der Waals surface area contributed by atoms with Gasteiger partial charge in [0.15, 0.2) is 6.23 Å². The van der Waals surface area contributed by atoms with Crippen molar-refractivity contribution in [3.8, 4) is 17.1 Å². The standard InChI is InChI=1S/C31H32N2O6/c34-29(32-37)15-5-2-8-20-39-28-13-7-6-12-26(28)31(36)33(22-23-10-3-1-4-11-23)30(35)25-18-16-24(17-19-25)27-14-9-21-38-27/h1,3-4,6-7,9-14,16-19,21,31,36-37H,2,5,8,15,20,22H2,(H,32,34). The summed E-state index contributed by atoms with van der Waals surface area (Å²) >= 11 is 0. The van der Waals surface area contributed by atoms with Crippen LogP contribution in [0.1, 0.15) is 53.4 Å². The number of hydroxylamine groups is 1. The molecular formula is C31H32N2O6. The molecule has 39 heavy (non-hydrogen) atoms. The van der Waals surface area contributed by atoms with Crippen LogP contribution in [0.15, 0.2) is 102 Å². The number of unbranched alkanes of at least 4 members (excludes halogenated alkanes) is 2. The number of carbonyl (C=O) groups excluding carboxylic acids is 2. The van der Waals surface area contributed by atoms with Crippen LogP contribution in [0.4, 0.5) is 0 Å². The van der Waals surface area contributed by atoms with Crippen LogP contribution in [0.3, 0.4) is 0 Å². The fourth-order valence-electron chi connectivity index (χ4n) is 4.23. The lowest BCUT2D eigenvalue weighted by Gasteiger charge is -2.30. The highest BCUT2D eigenvalue weighted by Crippen LogP contribution is 2.31. The number of ether oxygens (including phenoxy) is 1. The van der Waals surface area contributed by atoms with E-state index in [1.165, 1.54) is 4.90 Å². The summed E-state index contributed by atoms with van der Waals surface area (Å²) in [6, 6.07) is 27.4. The van der Waals surface area contributed by atoms with E-state index in [1.807, 2.05) is 60.7 Å². The highest BCUT2D eigenvalue weighted by Gasteiger charge is 2.27. The van der Waals surface area contributed by atoms with Gasteiger partial charge in [-0.3, -0.25) is 14.8 Å². The monoisotopic (exact) mass is 528 g/mol. The highest BCUT2D eigenvalue weighted by molar-refractivity contribution is 5.95. The average molecular weight is 529 g/mol. The zero-order chi connectivity index (χ0) is 27.5. The molecule has 3 N–H and O–H groups in total. The van der Waals surface area contributed by atoms with Gasteiger partial charge in [-0.1, -0.05) is 60.7 Å². The van der Waals surface area contributed by atoms with Gasteiger partial charge in [-0.25, -0.2) is 5.48 Å². The molecule has 8 nitrogen and oxygen atoms in total. The molecule has 4 aromatic rings. The molecule has 0 aliphatic heterocycles. The van der Waals surface area contributed by atoms with Crippen molar-refractivity contribution in [1.82, 2.24) is 10.4 Å². The van der Waals surface area contributed by atoms with Crippen LogP contribution in [-0.2, 0) is 11.3 Å². The Hall–Kier alpha value is -4.40. The first-order chi connectivity index (χ1) is 19.1. The predicted molar refractivity (Wildman–Crippen MR) is 146 cm³/mol. The van der Waals surface area contributed by atoms with E-state index in [9.17, 15) is 14.7 Å². The first-order valence-electron chi connectivity index (χ1n) is 12.9. The van der Waals surface area contributed by atoms with Gasteiger partial charge in [0.05, 0.1) is 12.9 Å². The lowest BCUT2D eigenvalue weighted by Crippen LogP contribution is -2.34. The number of nitrogens with zero attached hydrogens (tertiary/aromatic N) is 1. The fourth-order valence-corrected chi connectivity index (χ4v) is 4.23. The SMILES string of the molecule is O=C(CCCCCOc1ccccc1C(O)N(Cc1ccccc1)C(=O)c1ccc(-c2ccco2)cc1)NO. The van der Waals surface area contributed by atoms with E-state index >= 15 is 0 Å². The zero-order valence-corrected chi connectivity index (χ0v) is 21.5. The van der Waals surface area contributed by atoms with Crippen LogP contribution in [0.2, 0.25) is 0 Å². The second-order valence-corrected chi connectivity index (χ2v) is 9.08. The van der Waals surface area contributed by atoms with Crippen molar-refractivity contribution < 1.29 is 29.1 Å². The molecule has 1 atom stereocenters. The largest absolute Gasteiger partial charge is 0.493 e. The van der Waals surface area contributed by atoms with Crippen molar-refractivity contribution in [2.75, 3.05) is 6.61 Å². The van der Waals surface area contributed by atoms with E-state index in [2.05, 4.69) is 0 Å². The highest BCUT2D eigenvalue weighted by atomic mass is 16.5. The van der Waals surface area contributed by atoms with E-state index in [4.69, 9.17) is 14.4 Å². The summed E-state index contributed by atoms with van der Waals surface area (Å²) in [6.45, 7) is 0.577. The minimum absolute atomic E-state index is 0.196. The van der Waals surface area contributed by atoms with Crippen LogP contribution < -0.4 is 10.2 Å². The minimum atomic E-state index is -1.26. The Kier molecular flexibility index (Phi) is 9.88. The van der Waals surface area contributed by atoms with Crippen LogP contribution in [0, 0.1) is 0 Å². The fraction of sp³-hybridized carbons (Fsp3) is 0.226. The van der Waals surface area contributed by atoms with Gasteiger partial charge in [0.25, 0.3) is 5.91 Å². The number of rotatable bonds is 13. The number of para-hydroxylation sites is 1. The average Bonchev–Trinajstić information content (AvgIpc) is 3.53. The van der Waals surface area contributed by atoms with Crippen molar-refractivity contribution in [1.29, 1.82) is 0 Å². The molecule has 4 rings (SSSR count). The molecule has 0 aliphatic carbocycles. The summed E-state index contributed by atoms with van der Waals surface area (Å²) in [6.07, 6.45) is 2.64. The smallest absolute Gasteiger partial charge is 0.256 e. The Balaban J connectivity index is 1.51. The molecule has 1 heterocycles. The number of aliphatic hydroxyl groups is 1. The predicted octanol–water partition coefficient (Wildman–Crippen LogP) is 5.72. The third-order valence-electron chi connectivity index (χ3n) is 6.32. The molecule has 0 bridgehead atoms. The van der Waals surface area contributed by atoms with Crippen molar-refractivity contribution in [2.45, 2.75) is 38.5 Å². The van der Waals surface area contributed by atoms with Crippen molar-refractivity contribution in [3.63, 3.8) is 0 Å². The van der Waals surface area contributed by atoms with Crippen molar-refractivity contribution >= 4 is 11.8 Å². The molecule has 0 aliphatic rings. The van der Waals surface area contributed by atoms with E-state index in [0.29, 0.717) is 42.1 Å². The third kappa shape index (κ3) is 7.56. The van der Waals surface area contributed by atoms with Crippen LogP contribution in [0.5, 0.6) is 5.75 Å². The van der Waals surface area contributed by atoms with Crippen LogP contribution in [-0.4, -0.2) is 33.6 Å². The molecule has 0 spiro atoms. The first kappa shape index (κ1) is 27.6. The lowest BCUT2D eigenvalue weighted by atomic mass is 10.1.